The third kappa shape index (κ3) is 3.45. The van der Waals surface area contributed by atoms with Crippen molar-refractivity contribution in [3.05, 3.63) is 47.0 Å². The molecule has 8 heteroatoms. The molecular formula is C11H9ClF3N3O. The van der Waals surface area contributed by atoms with E-state index < -0.39 is 18.8 Å². The monoisotopic (exact) mass is 291 g/mol. The Morgan fingerprint density at radius 1 is 1.37 bits per heavy atom. The zero-order chi connectivity index (χ0) is 14.0. The first kappa shape index (κ1) is 13.8. The molecule has 2 aromatic rings. The predicted octanol–water partition coefficient (Wildman–Crippen LogP) is 2.58. The second-order valence-corrected chi connectivity index (χ2v) is 4.26. The van der Waals surface area contributed by atoms with Crippen LogP contribution in [-0.2, 0) is 6.54 Å². The lowest BCUT2D eigenvalue weighted by Gasteiger charge is -2.10. The van der Waals surface area contributed by atoms with E-state index in [1.165, 1.54) is 24.5 Å². The van der Waals surface area contributed by atoms with Crippen molar-refractivity contribution in [3.63, 3.8) is 0 Å². The van der Waals surface area contributed by atoms with Crippen LogP contribution < -0.4 is 0 Å². The summed E-state index contributed by atoms with van der Waals surface area (Å²) in [7, 11) is 0. The number of aliphatic hydroxyl groups excluding tert-OH is 1. The topological polar surface area (TPSA) is 50.9 Å². The fourth-order valence-electron chi connectivity index (χ4n) is 1.56. The maximum Gasteiger partial charge on any atom is 0.408 e. The summed E-state index contributed by atoms with van der Waals surface area (Å²) < 4.78 is 37.3. The molecule has 2 aromatic heterocycles. The average Bonchev–Trinajstić information content (AvgIpc) is 2.75. The second kappa shape index (κ2) is 5.18. The highest BCUT2D eigenvalue weighted by molar-refractivity contribution is 6.31. The van der Waals surface area contributed by atoms with Crippen LogP contribution in [0.2, 0.25) is 5.02 Å². The number of hydrogen-bond donors (Lipinski definition) is 1. The lowest BCUT2D eigenvalue weighted by molar-refractivity contribution is -0.142. The van der Waals surface area contributed by atoms with Crippen LogP contribution in [0.5, 0.6) is 0 Å². The summed E-state index contributed by atoms with van der Waals surface area (Å²) in [6.07, 6.45) is -1.63. The SMILES string of the molecule is O[C@@H](c1ccn(CC(F)(F)F)n1)c1ccncc1Cl. The first-order valence-corrected chi connectivity index (χ1v) is 5.62. The maximum absolute atomic E-state index is 12.2. The highest BCUT2D eigenvalue weighted by Gasteiger charge is 2.28. The fraction of sp³-hybridized carbons (Fsp3) is 0.273. The van der Waals surface area contributed by atoms with Gasteiger partial charge in [-0.25, -0.2) is 0 Å². The minimum atomic E-state index is -4.36. The number of hydrogen-bond acceptors (Lipinski definition) is 3. The van der Waals surface area contributed by atoms with Gasteiger partial charge in [0.05, 0.1) is 10.7 Å². The fourth-order valence-corrected chi connectivity index (χ4v) is 1.78. The normalized spacial score (nSPS) is 13.5. The second-order valence-electron chi connectivity index (χ2n) is 3.85. The number of alkyl halides is 3. The first-order chi connectivity index (χ1) is 8.87. The van der Waals surface area contributed by atoms with Crippen molar-refractivity contribution in [3.8, 4) is 0 Å². The first-order valence-electron chi connectivity index (χ1n) is 5.24. The molecule has 0 saturated carbocycles. The number of halogens is 4. The van der Waals surface area contributed by atoms with Crippen molar-refractivity contribution in [1.29, 1.82) is 0 Å². The van der Waals surface area contributed by atoms with Crippen LogP contribution in [0.15, 0.2) is 30.7 Å². The van der Waals surface area contributed by atoms with Crippen molar-refractivity contribution in [2.75, 3.05) is 0 Å². The van der Waals surface area contributed by atoms with Gasteiger partial charge in [-0.3, -0.25) is 9.67 Å². The van der Waals surface area contributed by atoms with E-state index in [1.807, 2.05) is 0 Å². The summed E-state index contributed by atoms with van der Waals surface area (Å²) >= 11 is 5.85. The third-order valence-electron chi connectivity index (χ3n) is 2.38. The lowest BCUT2D eigenvalue weighted by Crippen LogP contribution is -2.18. The Morgan fingerprint density at radius 3 is 2.74 bits per heavy atom. The molecule has 0 spiro atoms. The van der Waals surface area contributed by atoms with Crippen LogP contribution in [0.1, 0.15) is 17.4 Å². The Balaban J connectivity index is 2.21. The van der Waals surface area contributed by atoms with Crippen molar-refractivity contribution >= 4 is 11.6 Å². The summed E-state index contributed by atoms with van der Waals surface area (Å²) in [5.74, 6) is 0. The van der Waals surface area contributed by atoms with Gasteiger partial charge in [-0.2, -0.15) is 18.3 Å². The van der Waals surface area contributed by atoms with E-state index in [0.717, 1.165) is 6.20 Å². The summed E-state index contributed by atoms with van der Waals surface area (Å²) in [4.78, 5) is 3.76. The molecule has 2 rings (SSSR count). The van der Waals surface area contributed by atoms with E-state index in [0.29, 0.717) is 10.2 Å². The van der Waals surface area contributed by atoms with Crippen molar-refractivity contribution in [2.24, 2.45) is 0 Å². The van der Waals surface area contributed by atoms with E-state index in [4.69, 9.17) is 11.6 Å². The molecule has 0 aliphatic carbocycles. The molecular weight excluding hydrogens is 283 g/mol. The molecule has 19 heavy (non-hydrogen) atoms. The molecule has 0 aliphatic rings. The third-order valence-corrected chi connectivity index (χ3v) is 2.70. The summed E-state index contributed by atoms with van der Waals surface area (Å²) in [5, 5.41) is 13.9. The van der Waals surface area contributed by atoms with Gasteiger partial charge in [0.15, 0.2) is 0 Å². The molecule has 102 valence electrons. The number of aliphatic hydroxyl groups is 1. The van der Waals surface area contributed by atoms with Crippen molar-refractivity contribution in [1.82, 2.24) is 14.8 Å². The van der Waals surface area contributed by atoms with Crippen LogP contribution in [0.25, 0.3) is 0 Å². The minimum Gasteiger partial charge on any atom is -0.382 e. The van der Waals surface area contributed by atoms with Crippen molar-refractivity contribution < 1.29 is 18.3 Å². The minimum absolute atomic E-state index is 0.0948. The Kier molecular flexibility index (Phi) is 3.77. The molecule has 1 N–H and O–H groups in total. The quantitative estimate of drug-likeness (QED) is 0.945. The number of pyridine rings is 1. The van der Waals surface area contributed by atoms with Gasteiger partial charge < -0.3 is 5.11 Å². The number of rotatable bonds is 3. The summed E-state index contributed by atoms with van der Waals surface area (Å²) in [6.45, 7) is -1.20. The van der Waals surface area contributed by atoms with Crippen LogP contribution in [0.3, 0.4) is 0 Å². The van der Waals surface area contributed by atoms with E-state index >= 15 is 0 Å². The van der Waals surface area contributed by atoms with Crippen molar-refractivity contribution in [2.45, 2.75) is 18.8 Å². The molecule has 0 unspecified atom stereocenters. The molecule has 0 radical (unpaired) electrons. The Hall–Kier alpha value is -1.60. The van der Waals surface area contributed by atoms with E-state index in [-0.39, 0.29) is 10.7 Å². The Bertz CT molecular complexity index is 570. The van der Waals surface area contributed by atoms with Gasteiger partial charge >= 0.3 is 6.18 Å². The van der Waals surface area contributed by atoms with E-state index in [2.05, 4.69) is 10.1 Å². The van der Waals surface area contributed by atoms with Crippen LogP contribution in [0, 0.1) is 0 Å². The van der Waals surface area contributed by atoms with Gasteiger partial charge in [0.25, 0.3) is 0 Å². The zero-order valence-electron chi connectivity index (χ0n) is 9.47. The largest absolute Gasteiger partial charge is 0.408 e. The average molecular weight is 292 g/mol. The molecule has 0 amide bonds. The predicted molar refractivity (Wildman–Crippen MR) is 61.6 cm³/mol. The maximum atomic E-state index is 12.2. The Labute approximate surface area is 111 Å². The molecule has 0 aromatic carbocycles. The van der Waals surface area contributed by atoms with Crippen LogP contribution in [0.4, 0.5) is 13.2 Å². The molecule has 4 nitrogen and oxygen atoms in total. The van der Waals surface area contributed by atoms with Crippen LogP contribution >= 0.6 is 11.6 Å². The van der Waals surface area contributed by atoms with Gasteiger partial charge in [-0.1, -0.05) is 11.6 Å². The van der Waals surface area contributed by atoms with E-state index in [9.17, 15) is 18.3 Å². The molecule has 2 heterocycles. The van der Waals surface area contributed by atoms with Gasteiger partial charge in [0, 0.05) is 24.2 Å². The van der Waals surface area contributed by atoms with Gasteiger partial charge in [-0.05, 0) is 12.1 Å². The van der Waals surface area contributed by atoms with Gasteiger partial charge in [-0.15, -0.1) is 0 Å². The lowest BCUT2D eigenvalue weighted by atomic mass is 10.1. The smallest absolute Gasteiger partial charge is 0.382 e. The number of nitrogens with zero attached hydrogens (tertiary/aromatic N) is 3. The molecule has 0 fully saturated rings. The molecule has 0 bridgehead atoms. The molecule has 0 aliphatic heterocycles. The molecule has 1 atom stereocenters. The van der Waals surface area contributed by atoms with Gasteiger partial charge in [0.1, 0.15) is 12.6 Å². The number of aromatic nitrogens is 3. The standard InChI is InChI=1S/C11H9ClF3N3O/c12-8-5-16-3-1-7(8)10(19)9-2-4-18(17-9)6-11(13,14)15/h1-5,10,19H,6H2/t10-/m1/s1. The van der Waals surface area contributed by atoms with Crippen LogP contribution in [-0.4, -0.2) is 26.0 Å². The summed E-state index contributed by atoms with van der Waals surface area (Å²) in [5.41, 5.74) is 0.436. The zero-order valence-corrected chi connectivity index (χ0v) is 10.2. The molecule has 0 saturated heterocycles. The summed E-state index contributed by atoms with van der Waals surface area (Å²) in [6, 6.07) is 2.79. The highest BCUT2D eigenvalue weighted by Crippen LogP contribution is 2.26. The highest BCUT2D eigenvalue weighted by atomic mass is 35.5. The van der Waals surface area contributed by atoms with E-state index in [1.54, 1.807) is 0 Å². The Morgan fingerprint density at radius 2 is 2.11 bits per heavy atom. The van der Waals surface area contributed by atoms with Gasteiger partial charge in [0.2, 0.25) is 0 Å².